The van der Waals surface area contributed by atoms with E-state index in [1.807, 2.05) is 48.7 Å². The quantitative estimate of drug-likeness (QED) is 0.341. The van der Waals surface area contributed by atoms with E-state index in [4.69, 9.17) is 0 Å². The van der Waals surface area contributed by atoms with Crippen LogP contribution >= 0.6 is 23.1 Å². The fraction of sp³-hybridized carbons (Fsp3) is 0.143. The molecule has 0 N–H and O–H groups in total. The number of aryl methyl sites for hydroxylation is 1. The molecule has 4 rings (SSSR count). The Labute approximate surface area is 164 Å². The first-order valence-electron chi connectivity index (χ1n) is 8.51. The fourth-order valence-electron chi connectivity index (χ4n) is 2.81. The second kappa shape index (κ2) is 7.66. The van der Waals surface area contributed by atoms with Gasteiger partial charge >= 0.3 is 0 Å². The lowest BCUT2D eigenvalue weighted by molar-refractivity contribution is 0.616. The SMILES string of the molecule is Cc1ccc(Cn2c(SCc3ccccc3F)nc3ccsc3c2=O)cc1. The van der Waals surface area contributed by atoms with Crippen molar-refractivity contribution in [3.8, 4) is 0 Å². The molecular formula is C21H17FN2OS2. The van der Waals surface area contributed by atoms with Crippen LogP contribution in [0.2, 0.25) is 0 Å². The summed E-state index contributed by atoms with van der Waals surface area (Å²) in [6.07, 6.45) is 0. The molecule has 0 unspecified atom stereocenters. The van der Waals surface area contributed by atoms with Gasteiger partial charge in [0.2, 0.25) is 0 Å². The van der Waals surface area contributed by atoms with Gasteiger partial charge in [-0.05, 0) is 35.6 Å². The maximum Gasteiger partial charge on any atom is 0.272 e. The largest absolute Gasteiger partial charge is 0.282 e. The first kappa shape index (κ1) is 17.9. The van der Waals surface area contributed by atoms with E-state index in [0.29, 0.717) is 33.2 Å². The van der Waals surface area contributed by atoms with Crippen molar-refractivity contribution >= 4 is 33.3 Å². The molecule has 0 spiro atoms. The zero-order valence-electron chi connectivity index (χ0n) is 14.7. The molecule has 0 bridgehead atoms. The molecular weight excluding hydrogens is 379 g/mol. The van der Waals surface area contributed by atoms with E-state index in [1.54, 1.807) is 16.7 Å². The summed E-state index contributed by atoms with van der Waals surface area (Å²) in [6, 6.07) is 16.6. The van der Waals surface area contributed by atoms with Crippen LogP contribution in [-0.4, -0.2) is 9.55 Å². The molecule has 0 radical (unpaired) electrons. The number of rotatable bonds is 5. The van der Waals surface area contributed by atoms with Crippen molar-refractivity contribution in [3.05, 3.63) is 92.8 Å². The Hall–Kier alpha value is -2.44. The van der Waals surface area contributed by atoms with Crippen LogP contribution in [0, 0.1) is 12.7 Å². The number of hydrogen-bond acceptors (Lipinski definition) is 4. The van der Waals surface area contributed by atoms with Gasteiger partial charge in [-0.15, -0.1) is 11.3 Å². The zero-order valence-corrected chi connectivity index (χ0v) is 16.3. The number of fused-ring (bicyclic) bond motifs is 1. The van der Waals surface area contributed by atoms with Crippen molar-refractivity contribution in [2.45, 2.75) is 24.4 Å². The van der Waals surface area contributed by atoms with Gasteiger partial charge in [0.15, 0.2) is 5.16 Å². The van der Waals surface area contributed by atoms with Gasteiger partial charge in [0.1, 0.15) is 10.5 Å². The van der Waals surface area contributed by atoms with E-state index in [9.17, 15) is 9.18 Å². The Balaban J connectivity index is 1.72. The lowest BCUT2D eigenvalue weighted by atomic mass is 10.1. The molecule has 6 heteroatoms. The third-order valence-electron chi connectivity index (χ3n) is 4.31. The number of thiophene rings is 1. The molecule has 2 aromatic carbocycles. The van der Waals surface area contributed by atoms with Crippen molar-refractivity contribution < 1.29 is 4.39 Å². The summed E-state index contributed by atoms with van der Waals surface area (Å²) < 4.78 is 16.3. The molecule has 0 amide bonds. The molecule has 0 aliphatic rings. The maximum absolute atomic E-state index is 14.0. The van der Waals surface area contributed by atoms with Crippen LogP contribution in [0.1, 0.15) is 16.7 Å². The third-order valence-corrected chi connectivity index (χ3v) is 6.22. The van der Waals surface area contributed by atoms with Crippen LogP contribution in [0.3, 0.4) is 0 Å². The van der Waals surface area contributed by atoms with Gasteiger partial charge in [-0.2, -0.15) is 0 Å². The van der Waals surface area contributed by atoms with Crippen LogP contribution < -0.4 is 5.56 Å². The average molecular weight is 397 g/mol. The topological polar surface area (TPSA) is 34.9 Å². The van der Waals surface area contributed by atoms with Gasteiger partial charge in [0, 0.05) is 5.75 Å². The van der Waals surface area contributed by atoms with E-state index >= 15 is 0 Å². The molecule has 0 aliphatic carbocycles. The monoisotopic (exact) mass is 396 g/mol. The van der Waals surface area contributed by atoms with Gasteiger partial charge < -0.3 is 0 Å². The minimum atomic E-state index is -0.242. The maximum atomic E-state index is 14.0. The number of halogens is 1. The van der Waals surface area contributed by atoms with E-state index in [2.05, 4.69) is 4.98 Å². The van der Waals surface area contributed by atoms with Crippen LogP contribution in [0.5, 0.6) is 0 Å². The Morgan fingerprint density at radius 3 is 2.67 bits per heavy atom. The predicted molar refractivity (Wildman–Crippen MR) is 110 cm³/mol. The second-order valence-electron chi connectivity index (χ2n) is 6.29. The number of nitrogens with zero attached hydrogens (tertiary/aromatic N) is 2. The highest BCUT2D eigenvalue weighted by Gasteiger charge is 2.14. The minimum Gasteiger partial charge on any atom is -0.282 e. The summed E-state index contributed by atoms with van der Waals surface area (Å²) in [5, 5.41) is 2.48. The highest BCUT2D eigenvalue weighted by atomic mass is 32.2. The Kier molecular flexibility index (Phi) is 5.09. The number of hydrogen-bond donors (Lipinski definition) is 0. The molecule has 0 saturated heterocycles. The van der Waals surface area contributed by atoms with Crippen LogP contribution in [0.25, 0.3) is 10.2 Å². The van der Waals surface area contributed by atoms with Crippen molar-refractivity contribution in [3.63, 3.8) is 0 Å². The summed E-state index contributed by atoms with van der Waals surface area (Å²) >= 11 is 2.79. The van der Waals surface area contributed by atoms with Crippen molar-refractivity contribution in [1.82, 2.24) is 9.55 Å². The summed E-state index contributed by atoms with van der Waals surface area (Å²) in [7, 11) is 0. The molecule has 27 heavy (non-hydrogen) atoms. The van der Waals surface area contributed by atoms with Crippen LogP contribution in [0.15, 0.2) is 69.9 Å². The highest BCUT2D eigenvalue weighted by Crippen LogP contribution is 2.25. The van der Waals surface area contributed by atoms with Crippen LogP contribution in [0.4, 0.5) is 4.39 Å². The average Bonchev–Trinajstić information content (AvgIpc) is 3.14. The van der Waals surface area contributed by atoms with E-state index < -0.39 is 0 Å². The molecule has 0 saturated carbocycles. The number of benzene rings is 2. The Bertz CT molecular complexity index is 1150. The van der Waals surface area contributed by atoms with E-state index in [1.165, 1.54) is 34.7 Å². The van der Waals surface area contributed by atoms with Gasteiger partial charge in [0.25, 0.3) is 5.56 Å². The van der Waals surface area contributed by atoms with Crippen molar-refractivity contribution in [2.24, 2.45) is 0 Å². The second-order valence-corrected chi connectivity index (χ2v) is 8.14. The predicted octanol–water partition coefficient (Wildman–Crippen LogP) is 5.25. The smallest absolute Gasteiger partial charge is 0.272 e. The highest BCUT2D eigenvalue weighted by molar-refractivity contribution is 7.98. The molecule has 136 valence electrons. The lowest BCUT2D eigenvalue weighted by Gasteiger charge is -2.12. The van der Waals surface area contributed by atoms with Crippen molar-refractivity contribution in [2.75, 3.05) is 0 Å². The number of aromatic nitrogens is 2. The summed E-state index contributed by atoms with van der Waals surface area (Å²) in [5.41, 5.74) is 3.46. The van der Waals surface area contributed by atoms with E-state index in [0.717, 1.165) is 5.56 Å². The van der Waals surface area contributed by atoms with Crippen molar-refractivity contribution in [1.29, 1.82) is 0 Å². The molecule has 2 heterocycles. The molecule has 3 nitrogen and oxygen atoms in total. The third kappa shape index (κ3) is 3.82. The van der Waals surface area contributed by atoms with Gasteiger partial charge in [0.05, 0.1) is 12.1 Å². The number of thioether (sulfide) groups is 1. The first-order valence-corrected chi connectivity index (χ1v) is 10.4. The summed E-state index contributed by atoms with van der Waals surface area (Å²) in [6.45, 7) is 2.48. The Morgan fingerprint density at radius 1 is 1.11 bits per heavy atom. The van der Waals surface area contributed by atoms with Crippen LogP contribution in [-0.2, 0) is 12.3 Å². The summed E-state index contributed by atoms with van der Waals surface area (Å²) in [5.74, 6) is 0.178. The molecule has 0 fully saturated rings. The molecule has 0 aliphatic heterocycles. The molecule has 2 aromatic heterocycles. The molecule has 4 aromatic rings. The fourth-order valence-corrected chi connectivity index (χ4v) is 4.57. The van der Waals surface area contributed by atoms with Gasteiger partial charge in [-0.3, -0.25) is 9.36 Å². The standard InChI is InChI=1S/C21H17FN2OS2/c1-14-6-8-15(9-7-14)12-24-20(25)19-18(10-11-26-19)23-21(24)27-13-16-4-2-3-5-17(16)22/h2-11H,12-13H2,1H3. The first-order chi connectivity index (χ1) is 13.1. The normalized spacial score (nSPS) is 11.2. The lowest BCUT2D eigenvalue weighted by Crippen LogP contribution is -2.23. The molecule has 0 atom stereocenters. The van der Waals surface area contributed by atoms with E-state index in [-0.39, 0.29) is 11.4 Å². The minimum absolute atomic E-state index is 0.0494. The van der Waals surface area contributed by atoms with Gasteiger partial charge in [-0.25, -0.2) is 9.37 Å². The zero-order chi connectivity index (χ0) is 18.8. The summed E-state index contributed by atoms with van der Waals surface area (Å²) in [4.78, 5) is 17.7. The van der Waals surface area contributed by atoms with Gasteiger partial charge in [-0.1, -0.05) is 59.8 Å². The Morgan fingerprint density at radius 2 is 1.89 bits per heavy atom.